The van der Waals surface area contributed by atoms with Gasteiger partial charge in [-0.15, -0.1) is 0 Å². The Morgan fingerprint density at radius 2 is 2.42 bits per heavy atom. The van der Waals surface area contributed by atoms with Crippen LogP contribution in [-0.4, -0.2) is 19.9 Å². The van der Waals surface area contributed by atoms with Crippen LogP contribution in [0.1, 0.15) is 5.69 Å². The van der Waals surface area contributed by atoms with Gasteiger partial charge in [0.1, 0.15) is 17.3 Å². The number of nitrogens with one attached hydrogen (secondary N) is 2. The zero-order valence-corrected chi connectivity index (χ0v) is 5.83. The summed E-state index contributed by atoms with van der Waals surface area (Å²) in [5.74, 6) is 0. The second kappa shape index (κ2) is 2.17. The highest BCUT2D eigenvalue weighted by Crippen LogP contribution is 2.04. The zero-order chi connectivity index (χ0) is 8.55. The van der Waals surface area contributed by atoms with Crippen LogP contribution in [0.25, 0.3) is 11.2 Å². The Kier molecular flexibility index (Phi) is 1.18. The summed E-state index contributed by atoms with van der Waals surface area (Å²) in [7, 11) is 0. The largest absolute Gasteiger partial charge is 0.348 e. The summed E-state index contributed by atoms with van der Waals surface area (Å²) in [5.41, 5.74) is 0.307. The minimum Gasteiger partial charge on any atom is -0.341 e. The number of aromatic nitrogens is 4. The third-order valence-electron chi connectivity index (χ3n) is 1.42. The van der Waals surface area contributed by atoms with Crippen molar-refractivity contribution in [3.8, 4) is 6.07 Å². The minimum absolute atomic E-state index is 0.155. The topological polar surface area (TPSA) is 98.2 Å². The number of H-pyrrole nitrogens is 2. The van der Waals surface area contributed by atoms with Crippen LogP contribution in [0.3, 0.4) is 0 Å². The van der Waals surface area contributed by atoms with Crippen molar-refractivity contribution in [1.29, 1.82) is 5.26 Å². The van der Waals surface area contributed by atoms with Gasteiger partial charge in [-0.25, -0.2) is 9.78 Å². The molecule has 0 amide bonds. The van der Waals surface area contributed by atoms with Crippen molar-refractivity contribution in [3.05, 3.63) is 22.5 Å². The van der Waals surface area contributed by atoms with Gasteiger partial charge in [-0.05, 0) is 0 Å². The van der Waals surface area contributed by atoms with Gasteiger partial charge in [0, 0.05) is 0 Å². The Morgan fingerprint density at radius 3 is 3.17 bits per heavy atom. The number of fused-ring (bicyclic) bond motifs is 1. The monoisotopic (exact) mass is 161 g/mol. The van der Waals surface area contributed by atoms with Gasteiger partial charge in [0.25, 0.3) is 0 Å². The van der Waals surface area contributed by atoms with Crippen molar-refractivity contribution < 1.29 is 0 Å². The van der Waals surface area contributed by atoms with Crippen LogP contribution in [0.4, 0.5) is 0 Å². The normalized spacial score (nSPS) is 9.92. The molecule has 0 aliphatic carbocycles. The Hall–Kier alpha value is -2.16. The average Bonchev–Trinajstić information content (AvgIpc) is 2.50. The molecule has 0 radical (unpaired) electrons. The van der Waals surface area contributed by atoms with E-state index in [2.05, 4.69) is 19.9 Å². The third-order valence-corrected chi connectivity index (χ3v) is 1.42. The van der Waals surface area contributed by atoms with Crippen molar-refractivity contribution in [2.75, 3.05) is 0 Å². The molecule has 0 saturated heterocycles. The fourth-order valence-corrected chi connectivity index (χ4v) is 0.933. The lowest BCUT2D eigenvalue weighted by atomic mass is 10.4. The molecule has 0 unspecified atom stereocenters. The molecule has 0 fully saturated rings. The molecular weight excluding hydrogens is 158 g/mol. The number of nitrogens with zero attached hydrogens (tertiary/aromatic N) is 3. The molecule has 0 aliphatic heterocycles. The van der Waals surface area contributed by atoms with Crippen LogP contribution < -0.4 is 5.69 Å². The van der Waals surface area contributed by atoms with Crippen LogP contribution in [0.2, 0.25) is 0 Å². The van der Waals surface area contributed by atoms with Crippen molar-refractivity contribution in [3.63, 3.8) is 0 Å². The van der Waals surface area contributed by atoms with Gasteiger partial charge in [-0.3, -0.25) is 4.98 Å². The van der Waals surface area contributed by atoms with Crippen LogP contribution >= 0.6 is 0 Å². The Labute approximate surface area is 65.9 Å². The van der Waals surface area contributed by atoms with Crippen LogP contribution in [0, 0.1) is 11.3 Å². The van der Waals surface area contributed by atoms with Crippen LogP contribution in [-0.2, 0) is 0 Å². The molecule has 58 valence electrons. The standard InChI is InChI=1S/C6H3N5O/c7-1-3-4-5(9-2-8-4)11-6(12)10-3/h2H,(H2,8,9,10,11,12). The van der Waals surface area contributed by atoms with E-state index in [0.717, 1.165) is 0 Å². The van der Waals surface area contributed by atoms with Gasteiger partial charge < -0.3 is 4.98 Å². The second-order valence-electron chi connectivity index (χ2n) is 2.13. The summed E-state index contributed by atoms with van der Waals surface area (Å²) < 4.78 is 0. The molecule has 2 heterocycles. The van der Waals surface area contributed by atoms with E-state index in [1.165, 1.54) is 6.33 Å². The lowest BCUT2D eigenvalue weighted by Crippen LogP contribution is -2.11. The SMILES string of the molecule is N#Cc1[nH]c(=O)nc2nc[nH]c12. The Morgan fingerprint density at radius 1 is 1.58 bits per heavy atom. The molecule has 6 heteroatoms. The first kappa shape index (κ1) is 6.54. The second-order valence-corrected chi connectivity index (χ2v) is 2.13. The summed E-state index contributed by atoms with van der Waals surface area (Å²) >= 11 is 0. The highest BCUT2D eigenvalue weighted by molar-refractivity contribution is 5.74. The molecular formula is C6H3N5O. The van der Waals surface area contributed by atoms with Gasteiger partial charge in [-0.1, -0.05) is 0 Å². The van der Waals surface area contributed by atoms with E-state index in [1.807, 2.05) is 6.07 Å². The Balaban J connectivity index is 3.01. The maximum atomic E-state index is 10.8. The molecule has 0 aliphatic rings. The molecule has 0 spiro atoms. The first-order valence-corrected chi connectivity index (χ1v) is 3.15. The first-order valence-electron chi connectivity index (χ1n) is 3.15. The first-order chi connectivity index (χ1) is 5.81. The highest BCUT2D eigenvalue weighted by Gasteiger charge is 2.04. The third kappa shape index (κ3) is 0.769. The summed E-state index contributed by atoms with van der Waals surface area (Å²) in [4.78, 5) is 23.1. The van der Waals surface area contributed by atoms with Crippen molar-refractivity contribution in [1.82, 2.24) is 19.9 Å². The molecule has 0 saturated carbocycles. The number of hydrogen-bond acceptors (Lipinski definition) is 4. The van der Waals surface area contributed by atoms with Gasteiger partial charge in [0.15, 0.2) is 5.65 Å². The van der Waals surface area contributed by atoms with E-state index in [4.69, 9.17) is 5.26 Å². The van der Waals surface area contributed by atoms with E-state index >= 15 is 0 Å². The van der Waals surface area contributed by atoms with Crippen LogP contribution in [0.15, 0.2) is 11.1 Å². The smallest absolute Gasteiger partial charge is 0.341 e. The Bertz CT molecular complexity index is 516. The molecule has 0 atom stereocenters. The summed E-state index contributed by atoms with van der Waals surface area (Å²) in [5, 5.41) is 8.58. The highest BCUT2D eigenvalue weighted by atomic mass is 16.1. The predicted molar refractivity (Wildman–Crippen MR) is 39.2 cm³/mol. The predicted octanol–water partition coefficient (Wildman–Crippen LogP) is -0.482. The van der Waals surface area contributed by atoms with E-state index in [-0.39, 0.29) is 11.3 Å². The average molecular weight is 161 g/mol. The summed E-state index contributed by atoms with van der Waals surface area (Å²) in [6.07, 6.45) is 1.38. The minimum atomic E-state index is -0.564. The maximum absolute atomic E-state index is 10.8. The van der Waals surface area contributed by atoms with Gasteiger partial charge >= 0.3 is 5.69 Å². The fourth-order valence-electron chi connectivity index (χ4n) is 0.933. The number of nitriles is 1. The van der Waals surface area contributed by atoms with Crippen LogP contribution in [0.5, 0.6) is 0 Å². The lowest BCUT2D eigenvalue weighted by Gasteiger charge is -1.88. The quantitative estimate of drug-likeness (QED) is 0.545. The molecule has 12 heavy (non-hydrogen) atoms. The molecule has 2 N–H and O–H groups in total. The van der Waals surface area contributed by atoms with Gasteiger partial charge in [0.05, 0.1) is 6.33 Å². The maximum Gasteiger partial charge on any atom is 0.348 e. The number of aromatic amines is 2. The van der Waals surface area contributed by atoms with Gasteiger partial charge in [0.2, 0.25) is 0 Å². The summed E-state index contributed by atoms with van der Waals surface area (Å²) in [6, 6.07) is 1.83. The van der Waals surface area contributed by atoms with E-state index < -0.39 is 5.69 Å². The molecule has 2 aromatic heterocycles. The van der Waals surface area contributed by atoms with E-state index in [9.17, 15) is 4.79 Å². The number of imidazole rings is 1. The fraction of sp³-hybridized carbons (Fsp3) is 0. The summed E-state index contributed by atoms with van der Waals surface area (Å²) in [6.45, 7) is 0. The molecule has 0 bridgehead atoms. The molecule has 6 nitrogen and oxygen atoms in total. The molecule has 0 aromatic carbocycles. The lowest BCUT2D eigenvalue weighted by molar-refractivity contribution is 1.09. The molecule has 2 rings (SSSR count). The van der Waals surface area contributed by atoms with Gasteiger partial charge in [-0.2, -0.15) is 10.2 Å². The number of hydrogen-bond donors (Lipinski definition) is 2. The van der Waals surface area contributed by atoms with E-state index in [1.54, 1.807) is 0 Å². The van der Waals surface area contributed by atoms with E-state index in [0.29, 0.717) is 5.52 Å². The zero-order valence-electron chi connectivity index (χ0n) is 5.83. The van der Waals surface area contributed by atoms with Crippen molar-refractivity contribution in [2.24, 2.45) is 0 Å². The number of rotatable bonds is 0. The van der Waals surface area contributed by atoms with Crippen molar-refractivity contribution in [2.45, 2.75) is 0 Å². The molecule has 2 aromatic rings. The van der Waals surface area contributed by atoms with Crippen molar-refractivity contribution >= 4 is 11.2 Å².